The van der Waals surface area contributed by atoms with Crippen LogP contribution >= 0.6 is 0 Å². The summed E-state index contributed by atoms with van der Waals surface area (Å²) in [5.41, 5.74) is 0.642. The van der Waals surface area contributed by atoms with Crippen molar-refractivity contribution in [1.29, 1.82) is 0 Å². The van der Waals surface area contributed by atoms with E-state index in [9.17, 15) is 4.79 Å². The summed E-state index contributed by atoms with van der Waals surface area (Å²) in [5.74, 6) is 0.0819. The van der Waals surface area contributed by atoms with Gasteiger partial charge in [0.15, 0.2) is 11.2 Å². The lowest BCUT2D eigenvalue weighted by Crippen LogP contribution is -2.25. The van der Waals surface area contributed by atoms with Gasteiger partial charge in [0.25, 0.3) is 5.56 Å². The van der Waals surface area contributed by atoms with Gasteiger partial charge in [0, 0.05) is 5.92 Å². The molecule has 0 unspecified atom stereocenters. The number of rotatable bonds is 2. The second-order valence-corrected chi connectivity index (χ2v) is 3.78. The van der Waals surface area contributed by atoms with Crippen molar-refractivity contribution in [3.8, 4) is 0 Å². The molecule has 0 fully saturated rings. The largest absolute Gasteiger partial charge is 0.396 e. The highest BCUT2D eigenvalue weighted by Gasteiger charge is 2.26. The quantitative estimate of drug-likeness (QED) is 0.686. The van der Waals surface area contributed by atoms with Crippen LogP contribution in [0.15, 0.2) is 29.6 Å². The predicted octanol–water partition coefficient (Wildman–Crippen LogP) is -0.161. The molecule has 0 amide bonds. The van der Waals surface area contributed by atoms with Crippen molar-refractivity contribution in [2.24, 2.45) is 5.92 Å². The average Bonchev–Trinajstić information content (AvgIpc) is 2.63. The number of aliphatic hydroxyl groups is 1. The third-order valence-corrected chi connectivity index (χ3v) is 2.89. The van der Waals surface area contributed by atoms with Crippen molar-refractivity contribution in [1.82, 2.24) is 19.5 Å². The third-order valence-electron chi connectivity index (χ3n) is 2.89. The molecule has 2 atom stereocenters. The fourth-order valence-electron chi connectivity index (χ4n) is 1.92. The molecule has 3 rings (SSSR count). The molecule has 0 radical (unpaired) electrons. The lowest BCUT2D eigenvalue weighted by Gasteiger charge is -2.28. The van der Waals surface area contributed by atoms with Gasteiger partial charge in [0.2, 0.25) is 0 Å². The van der Waals surface area contributed by atoms with Crippen molar-refractivity contribution >= 4 is 11.2 Å². The number of fused-ring (bicyclic) bond motifs is 1. The summed E-state index contributed by atoms with van der Waals surface area (Å²) in [5, 5.41) is 9.11. The Morgan fingerprint density at radius 3 is 3.00 bits per heavy atom. The lowest BCUT2D eigenvalue weighted by atomic mass is 9.89. The van der Waals surface area contributed by atoms with Crippen LogP contribution in [0.3, 0.4) is 0 Å². The Balaban J connectivity index is 2.16. The highest BCUT2D eigenvalue weighted by atomic mass is 16.3. The number of hydrogen-bond acceptors (Lipinski definition) is 4. The fraction of sp³-hybridized carbons (Fsp3) is 0.300. The van der Waals surface area contributed by atoms with Crippen LogP contribution in [-0.2, 0) is 0 Å². The van der Waals surface area contributed by atoms with E-state index < -0.39 is 0 Å². The number of aromatic nitrogens is 4. The van der Waals surface area contributed by atoms with Gasteiger partial charge in [-0.1, -0.05) is 12.2 Å². The number of hydrogen-bond donors (Lipinski definition) is 2. The van der Waals surface area contributed by atoms with Crippen molar-refractivity contribution in [2.75, 3.05) is 6.61 Å². The summed E-state index contributed by atoms with van der Waals surface area (Å²) >= 11 is 0. The molecule has 2 heterocycles. The second kappa shape index (κ2) is 3.28. The number of allylic oxidation sites excluding steroid dienone is 1. The van der Waals surface area contributed by atoms with Crippen molar-refractivity contribution in [3.05, 3.63) is 35.2 Å². The molecule has 1 aliphatic rings. The Morgan fingerprint density at radius 1 is 1.44 bits per heavy atom. The Morgan fingerprint density at radius 2 is 2.31 bits per heavy atom. The van der Waals surface area contributed by atoms with Crippen LogP contribution < -0.4 is 5.56 Å². The van der Waals surface area contributed by atoms with Gasteiger partial charge >= 0.3 is 0 Å². The van der Waals surface area contributed by atoms with Crippen molar-refractivity contribution < 1.29 is 5.11 Å². The van der Waals surface area contributed by atoms with Crippen LogP contribution in [0.25, 0.3) is 11.2 Å². The van der Waals surface area contributed by atoms with E-state index in [0.717, 1.165) is 0 Å². The van der Waals surface area contributed by atoms with Gasteiger partial charge in [0.05, 0.1) is 25.3 Å². The third kappa shape index (κ3) is 1.13. The van der Waals surface area contributed by atoms with Crippen LogP contribution in [0.5, 0.6) is 0 Å². The summed E-state index contributed by atoms with van der Waals surface area (Å²) in [6.07, 6.45) is 6.84. The number of aromatic amines is 1. The summed E-state index contributed by atoms with van der Waals surface area (Å²) in [6.45, 7) is 0.0873. The first-order valence-electron chi connectivity index (χ1n) is 5.00. The topological polar surface area (TPSA) is 83.8 Å². The van der Waals surface area contributed by atoms with E-state index in [-0.39, 0.29) is 24.1 Å². The SMILES string of the molecule is O=c1[nH]cnc2c1ncn2[C@@H]1C=C[C@@H]1CO. The van der Waals surface area contributed by atoms with E-state index >= 15 is 0 Å². The maximum absolute atomic E-state index is 11.4. The number of nitrogens with one attached hydrogen (secondary N) is 1. The Labute approximate surface area is 90.3 Å². The Hall–Kier alpha value is -1.95. The van der Waals surface area contributed by atoms with Gasteiger partial charge < -0.3 is 14.7 Å². The molecule has 0 aromatic carbocycles. The van der Waals surface area contributed by atoms with E-state index in [2.05, 4.69) is 15.0 Å². The molecular formula is C10H10N4O2. The van der Waals surface area contributed by atoms with Gasteiger partial charge in [-0.15, -0.1) is 0 Å². The zero-order valence-electron chi connectivity index (χ0n) is 8.37. The maximum Gasteiger partial charge on any atom is 0.278 e. The zero-order valence-corrected chi connectivity index (χ0v) is 8.37. The first-order chi connectivity index (χ1) is 7.81. The van der Waals surface area contributed by atoms with Crippen LogP contribution in [0, 0.1) is 5.92 Å². The zero-order chi connectivity index (χ0) is 11.1. The molecule has 0 saturated carbocycles. The molecule has 2 N–H and O–H groups in total. The minimum atomic E-state index is -0.243. The molecule has 0 aliphatic heterocycles. The van der Waals surface area contributed by atoms with Crippen molar-refractivity contribution in [3.63, 3.8) is 0 Å². The lowest BCUT2D eigenvalue weighted by molar-refractivity contribution is 0.212. The van der Waals surface area contributed by atoms with Gasteiger partial charge in [-0.25, -0.2) is 9.97 Å². The molecule has 16 heavy (non-hydrogen) atoms. The maximum atomic E-state index is 11.4. The normalized spacial score (nSPS) is 23.6. The van der Waals surface area contributed by atoms with E-state index in [1.54, 1.807) is 6.33 Å². The molecule has 0 spiro atoms. The number of H-pyrrole nitrogens is 1. The van der Waals surface area contributed by atoms with Gasteiger partial charge in [0.1, 0.15) is 0 Å². The molecule has 6 nitrogen and oxygen atoms in total. The standard InChI is InChI=1S/C10H10N4O2/c15-3-6-1-2-7(6)14-5-13-8-9(14)11-4-12-10(8)16/h1-2,4-7,15H,3H2,(H,11,12,16)/t6-,7-/m1/s1. The molecule has 2 aromatic heterocycles. The summed E-state index contributed by atoms with van der Waals surface area (Å²) in [4.78, 5) is 22.0. The molecule has 2 aromatic rings. The van der Waals surface area contributed by atoms with Gasteiger partial charge in [-0.05, 0) is 0 Å². The first kappa shape index (κ1) is 9.29. The van der Waals surface area contributed by atoms with Gasteiger partial charge in [-0.2, -0.15) is 0 Å². The van der Waals surface area contributed by atoms with E-state index in [1.165, 1.54) is 6.33 Å². The summed E-state index contributed by atoms with van der Waals surface area (Å²) < 4.78 is 1.81. The van der Waals surface area contributed by atoms with Crippen LogP contribution in [-0.4, -0.2) is 31.2 Å². The molecule has 0 saturated heterocycles. The molecule has 82 valence electrons. The summed E-state index contributed by atoms with van der Waals surface area (Å²) in [7, 11) is 0. The predicted molar refractivity (Wildman–Crippen MR) is 56.9 cm³/mol. The minimum Gasteiger partial charge on any atom is -0.396 e. The second-order valence-electron chi connectivity index (χ2n) is 3.78. The molecule has 6 heteroatoms. The first-order valence-corrected chi connectivity index (χ1v) is 5.00. The number of imidazole rings is 1. The Kier molecular flexibility index (Phi) is 1.90. The monoisotopic (exact) mass is 218 g/mol. The molecular weight excluding hydrogens is 208 g/mol. The molecule has 0 bridgehead atoms. The van der Waals surface area contributed by atoms with Crippen LogP contribution in [0.4, 0.5) is 0 Å². The van der Waals surface area contributed by atoms with Gasteiger partial charge in [-0.3, -0.25) is 4.79 Å². The summed E-state index contributed by atoms with van der Waals surface area (Å²) in [6, 6.07) is 0.0456. The smallest absolute Gasteiger partial charge is 0.278 e. The number of aliphatic hydroxyl groups excluding tert-OH is 1. The number of nitrogens with zero attached hydrogens (tertiary/aromatic N) is 3. The average molecular weight is 218 g/mol. The Bertz CT molecular complexity index is 613. The van der Waals surface area contributed by atoms with Crippen molar-refractivity contribution in [2.45, 2.75) is 6.04 Å². The van der Waals surface area contributed by atoms with E-state index in [4.69, 9.17) is 5.11 Å². The van der Waals surface area contributed by atoms with E-state index in [1.807, 2.05) is 16.7 Å². The van der Waals surface area contributed by atoms with Crippen LogP contribution in [0.1, 0.15) is 6.04 Å². The fourth-order valence-corrected chi connectivity index (χ4v) is 1.92. The highest BCUT2D eigenvalue weighted by molar-refractivity contribution is 5.69. The minimum absolute atomic E-state index is 0.0456. The van der Waals surface area contributed by atoms with Crippen LogP contribution in [0.2, 0.25) is 0 Å². The van der Waals surface area contributed by atoms with E-state index in [0.29, 0.717) is 11.2 Å². The molecule has 1 aliphatic carbocycles. The highest BCUT2D eigenvalue weighted by Crippen LogP contribution is 2.31.